The highest BCUT2D eigenvalue weighted by Gasteiger charge is 2.50. The maximum atomic E-state index is 14.7. The van der Waals surface area contributed by atoms with Crippen molar-refractivity contribution in [2.75, 3.05) is 26.4 Å². The Labute approximate surface area is 326 Å². The average molecular weight is 763 g/mol. The molecule has 0 fully saturated rings. The van der Waals surface area contributed by atoms with Crippen molar-refractivity contribution in [3.05, 3.63) is 192 Å². The molecule has 0 spiro atoms. The molecule has 0 N–H and O–H groups in total. The summed E-state index contributed by atoms with van der Waals surface area (Å²) < 4.78 is 40.6. The summed E-state index contributed by atoms with van der Waals surface area (Å²) in [5.74, 6) is -0.201. The quantitative estimate of drug-likeness (QED) is 0.0628. The zero-order chi connectivity index (χ0) is 37.9. The first-order valence-electron chi connectivity index (χ1n) is 19.1. The summed E-state index contributed by atoms with van der Waals surface area (Å²) in [6, 6.07) is 54.6. The van der Waals surface area contributed by atoms with Gasteiger partial charge in [-0.05, 0) is 59.9 Å². The maximum absolute atomic E-state index is 14.7. The Morgan fingerprint density at radius 2 is 0.836 bits per heavy atom. The van der Waals surface area contributed by atoms with Crippen LogP contribution in [0.5, 0.6) is 0 Å². The van der Waals surface area contributed by atoms with Crippen LogP contribution < -0.4 is 10.4 Å². The summed E-state index contributed by atoms with van der Waals surface area (Å²) in [4.78, 5) is 0. The van der Waals surface area contributed by atoms with Crippen LogP contribution in [0.4, 0.5) is 0 Å². The minimum Gasteiger partial charge on any atom is -0.404 e. The third-order valence-electron chi connectivity index (χ3n) is 11.0. The Morgan fingerprint density at radius 3 is 1.22 bits per heavy atom. The van der Waals surface area contributed by atoms with Crippen molar-refractivity contribution in [3.63, 3.8) is 0 Å². The molecule has 0 heterocycles. The lowest BCUT2D eigenvalue weighted by atomic mass is 9.98. The van der Waals surface area contributed by atoms with E-state index < -0.39 is 16.1 Å². The molecule has 8 rings (SSSR count). The first-order valence-corrected chi connectivity index (χ1v) is 22.5. The molecule has 0 unspecified atom stereocenters. The SMILES string of the molecule is CC(C)(C)[Si](OCC=CCOP(=O)(OCC1c2ccccc2-c2ccccc21)OCC1c2ccccc2-c2ccccc21)(c1ccccc1)c1ccccc1. The highest BCUT2D eigenvalue weighted by molar-refractivity contribution is 7.48. The molecule has 0 radical (unpaired) electrons. The topological polar surface area (TPSA) is 54.0 Å². The second-order valence-electron chi connectivity index (χ2n) is 15.2. The molecule has 2 aliphatic carbocycles. The Bertz CT molecular complexity index is 2100. The minimum absolute atomic E-state index is 0.0388. The molecule has 0 amide bonds. The summed E-state index contributed by atoms with van der Waals surface area (Å²) in [7, 11) is -6.77. The van der Waals surface area contributed by atoms with E-state index in [9.17, 15) is 4.57 Å². The molecular formula is C48H47O5PSi. The van der Waals surface area contributed by atoms with Crippen LogP contribution in [0, 0.1) is 0 Å². The number of rotatable bonds is 14. The van der Waals surface area contributed by atoms with Crippen LogP contribution in [0.25, 0.3) is 22.3 Å². The van der Waals surface area contributed by atoms with Crippen molar-refractivity contribution < 1.29 is 22.6 Å². The van der Waals surface area contributed by atoms with Gasteiger partial charge in [-0.25, -0.2) is 4.57 Å². The highest BCUT2D eigenvalue weighted by atomic mass is 31.2. The summed E-state index contributed by atoms with van der Waals surface area (Å²) in [5, 5.41) is 2.29. The Morgan fingerprint density at radius 1 is 0.491 bits per heavy atom. The van der Waals surface area contributed by atoms with Gasteiger partial charge in [0.2, 0.25) is 0 Å². The van der Waals surface area contributed by atoms with E-state index in [1.807, 2.05) is 48.6 Å². The Kier molecular flexibility index (Phi) is 10.7. The van der Waals surface area contributed by atoms with Crippen molar-refractivity contribution in [2.24, 2.45) is 0 Å². The summed E-state index contributed by atoms with van der Waals surface area (Å²) in [6.07, 6.45) is 3.81. The monoisotopic (exact) mass is 762 g/mol. The van der Waals surface area contributed by atoms with E-state index in [0.29, 0.717) is 6.61 Å². The summed E-state index contributed by atoms with van der Waals surface area (Å²) in [5.41, 5.74) is 9.28. The number of phosphoric ester groups is 1. The molecule has 5 nitrogen and oxygen atoms in total. The number of fused-ring (bicyclic) bond motifs is 6. The van der Waals surface area contributed by atoms with E-state index in [0.717, 1.165) is 22.3 Å². The second-order valence-corrected chi connectivity index (χ2v) is 21.2. The van der Waals surface area contributed by atoms with Crippen LogP contribution in [-0.2, 0) is 22.6 Å². The zero-order valence-corrected chi connectivity index (χ0v) is 33.5. The molecule has 0 atom stereocenters. The number of hydrogen-bond acceptors (Lipinski definition) is 5. The molecule has 0 bridgehead atoms. The van der Waals surface area contributed by atoms with Crippen molar-refractivity contribution in [3.8, 4) is 22.3 Å². The standard InChI is InChI=1S/C48H47O5PSi/c1-48(2,3)55(36-20-6-4-7-21-36,37-22-8-5-9-23-37)53-33-19-18-32-50-54(49,51-34-46-42-28-14-10-24-38(42)39-25-11-15-29-43(39)46)52-35-47-44-30-16-12-26-40(44)41-27-13-17-31-45(41)47/h4-31,46-47H,32-35H2,1-3H3. The van der Waals surface area contributed by atoms with E-state index in [4.69, 9.17) is 18.0 Å². The van der Waals surface area contributed by atoms with E-state index in [2.05, 4.69) is 142 Å². The molecule has 278 valence electrons. The minimum atomic E-state index is -4.06. The van der Waals surface area contributed by atoms with E-state index in [1.165, 1.54) is 32.6 Å². The fourth-order valence-corrected chi connectivity index (χ4v) is 14.2. The lowest BCUT2D eigenvalue weighted by molar-refractivity contribution is 0.117. The van der Waals surface area contributed by atoms with Crippen LogP contribution in [0.1, 0.15) is 54.9 Å². The van der Waals surface area contributed by atoms with Crippen LogP contribution >= 0.6 is 7.82 Å². The van der Waals surface area contributed by atoms with Gasteiger partial charge in [-0.3, -0.25) is 13.6 Å². The smallest absolute Gasteiger partial charge is 0.404 e. The molecule has 0 saturated heterocycles. The molecular weight excluding hydrogens is 716 g/mol. The third-order valence-corrected chi connectivity index (χ3v) is 17.4. The van der Waals surface area contributed by atoms with Crippen LogP contribution in [-0.4, -0.2) is 34.7 Å². The van der Waals surface area contributed by atoms with Gasteiger partial charge in [0, 0.05) is 11.8 Å². The summed E-state index contributed by atoms with van der Waals surface area (Å²) in [6.45, 7) is 7.51. The van der Waals surface area contributed by atoms with E-state index in [1.54, 1.807) is 0 Å². The second kappa shape index (κ2) is 15.8. The fourth-order valence-electron chi connectivity index (χ4n) is 8.53. The van der Waals surface area contributed by atoms with Crippen LogP contribution in [0.3, 0.4) is 0 Å². The first-order chi connectivity index (χ1) is 26.8. The molecule has 55 heavy (non-hydrogen) atoms. The van der Waals surface area contributed by atoms with Gasteiger partial charge in [-0.2, -0.15) is 0 Å². The molecule has 0 aromatic heterocycles. The normalized spacial score (nSPS) is 14.2. The Balaban J connectivity index is 1.02. The first kappa shape index (κ1) is 37.3. The van der Waals surface area contributed by atoms with Gasteiger partial charge in [0.05, 0.1) is 26.4 Å². The van der Waals surface area contributed by atoms with Crippen LogP contribution in [0.15, 0.2) is 170 Å². The molecule has 2 aliphatic rings. The average Bonchev–Trinajstić information content (AvgIpc) is 3.71. The molecule has 0 saturated carbocycles. The number of hydrogen-bond donors (Lipinski definition) is 0. The largest absolute Gasteiger partial charge is 0.475 e. The number of phosphoric acid groups is 1. The predicted octanol–water partition coefficient (Wildman–Crippen LogP) is 10.9. The highest BCUT2D eigenvalue weighted by Crippen LogP contribution is 2.55. The molecule has 0 aliphatic heterocycles. The van der Waals surface area contributed by atoms with Crippen molar-refractivity contribution in [1.29, 1.82) is 0 Å². The van der Waals surface area contributed by atoms with Crippen molar-refractivity contribution in [1.82, 2.24) is 0 Å². The van der Waals surface area contributed by atoms with E-state index >= 15 is 0 Å². The van der Waals surface area contributed by atoms with Gasteiger partial charge < -0.3 is 4.43 Å². The van der Waals surface area contributed by atoms with Gasteiger partial charge in [0.1, 0.15) is 0 Å². The van der Waals surface area contributed by atoms with Crippen molar-refractivity contribution in [2.45, 2.75) is 37.6 Å². The third kappa shape index (κ3) is 7.27. The van der Waals surface area contributed by atoms with Gasteiger partial charge in [0.25, 0.3) is 8.32 Å². The van der Waals surface area contributed by atoms with E-state index in [-0.39, 0.29) is 36.7 Å². The van der Waals surface area contributed by atoms with Gasteiger partial charge in [0.15, 0.2) is 0 Å². The molecule has 6 aromatic carbocycles. The Hall–Kier alpha value is -4.65. The lowest BCUT2D eigenvalue weighted by Crippen LogP contribution is -2.66. The fraction of sp³-hybridized carbons (Fsp3) is 0.208. The van der Waals surface area contributed by atoms with Gasteiger partial charge in [-0.15, -0.1) is 0 Å². The van der Waals surface area contributed by atoms with Crippen molar-refractivity contribution >= 4 is 26.5 Å². The lowest BCUT2D eigenvalue weighted by Gasteiger charge is -2.42. The predicted molar refractivity (Wildman–Crippen MR) is 226 cm³/mol. The van der Waals surface area contributed by atoms with Gasteiger partial charge in [-0.1, -0.05) is 191 Å². The number of benzene rings is 6. The molecule has 7 heteroatoms. The zero-order valence-electron chi connectivity index (χ0n) is 31.6. The van der Waals surface area contributed by atoms with Gasteiger partial charge >= 0.3 is 7.82 Å². The molecule has 6 aromatic rings. The summed E-state index contributed by atoms with van der Waals surface area (Å²) >= 11 is 0. The van der Waals surface area contributed by atoms with Crippen LogP contribution in [0.2, 0.25) is 5.04 Å². The maximum Gasteiger partial charge on any atom is 0.475 e.